The predicted molar refractivity (Wildman–Crippen MR) is 108 cm³/mol. The Balaban J connectivity index is 1.72. The zero-order chi connectivity index (χ0) is 19.5. The van der Waals surface area contributed by atoms with E-state index in [0.29, 0.717) is 17.8 Å². The van der Waals surface area contributed by atoms with Gasteiger partial charge in [-0.15, -0.1) is 0 Å². The lowest BCUT2D eigenvalue weighted by Crippen LogP contribution is -2.26. The number of carbonyl (C=O) groups excluding carboxylic acids is 1. The van der Waals surface area contributed by atoms with E-state index in [1.165, 1.54) is 0 Å². The zero-order valence-corrected chi connectivity index (χ0v) is 15.9. The summed E-state index contributed by atoms with van der Waals surface area (Å²) in [6.45, 7) is 0.435. The molecule has 140 valence electrons. The lowest BCUT2D eigenvalue weighted by Gasteiger charge is -2.15. The van der Waals surface area contributed by atoms with E-state index in [1.54, 1.807) is 27.5 Å². The first-order chi connectivity index (χ1) is 13.6. The molecular weight excluding hydrogens is 350 g/mol. The molecule has 0 aliphatic heterocycles. The maximum absolute atomic E-state index is 13.2. The Kier molecular flexibility index (Phi) is 4.76. The van der Waals surface area contributed by atoms with Crippen LogP contribution in [0.5, 0.6) is 0 Å². The van der Waals surface area contributed by atoms with Crippen molar-refractivity contribution in [1.29, 1.82) is 0 Å². The van der Waals surface area contributed by atoms with Gasteiger partial charge in [-0.1, -0.05) is 48.5 Å². The number of benzene rings is 2. The van der Waals surface area contributed by atoms with E-state index in [-0.39, 0.29) is 5.91 Å². The fraction of sp³-hybridized carbons (Fsp3) is 0.136. The topological polar surface area (TPSA) is 56.0 Å². The molecule has 0 atom stereocenters. The van der Waals surface area contributed by atoms with Crippen LogP contribution in [0.4, 0.5) is 0 Å². The fourth-order valence-electron chi connectivity index (χ4n) is 3.12. The maximum Gasteiger partial charge on any atom is 0.257 e. The fourth-order valence-corrected chi connectivity index (χ4v) is 3.12. The number of hydrogen-bond acceptors (Lipinski definition) is 3. The molecule has 0 unspecified atom stereocenters. The van der Waals surface area contributed by atoms with E-state index >= 15 is 0 Å². The Morgan fingerprint density at radius 1 is 0.964 bits per heavy atom. The van der Waals surface area contributed by atoms with Crippen LogP contribution in [0.2, 0.25) is 0 Å². The number of aromatic nitrogens is 4. The molecule has 0 fully saturated rings. The van der Waals surface area contributed by atoms with Gasteiger partial charge in [0.2, 0.25) is 0 Å². The van der Waals surface area contributed by atoms with Crippen molar-refractivity contribution in [3.8, 4) is 16.9 Å². The van der Waals surface area contributed by atoms with E-state index in [4.69, 9.17) is 5.10 Å². The summed E-state index contributed by atoms with van der Waals surface area (Å²) < 4.78 is 3.49. The van der Waals surface area contributed by atoms with Crippen LogP contribution < -0.4 is 0 Å². The molecule has 0 N–H and O–H groups in total. The van der Waals surface area contributed by atoms with E-state index in [0.717, 1.165) is 16.9 Å². The molecule has 2 aromatic heterocycles. The Morgan fingerprint density at radius 3 is 2.29 bits per heavy atom. The van der Waals surface area contributed by atoms with E-state index in [2.05, 4.69) is 5.10 Å². The van der Waals surface area contributed by atoms with Crippen molar-refractivity contribution in [3.63, 3.8) is 0 Å². The van der Waals surface area contributed by atoms with Crippen molar-refractivity contribution >= 4 is 5.91 Å². The summed E-state index contributed by atoms with van der Waals surface area (Å²) in [4.78, 5) is 14.9. The number of amides is 1. The second-order valence-electron chi connectivity index (χ2n) is 6.68. The second-order valence-corrected chi connectivity index (χ2v) is 6.68. The Hall–Kier alpha value is -3.67. The molecule has 0 aliphatic carbocycles. The SMILES string of the molecule is CN(Cc1ccn(C)n1)C(=O)c1cn(-c2ccccc2)nc1-c1ccccc1. The van der Waals surface area contributed by atoms with E-state index in [9.17, 15) is 4.79 Å². The molecule has 6 heteroatoms. The van der Waals surface area contributed by atoms with Crippen LogP contribution in [-0.2, 0) is 13.6 Å². The average molecular weight is 371 g/mol. The molecule has 0 saturated heterocycles. The number of nitrogens with zero attached hydrogens (tertiary/aromatic N) is 5. The van der Waals surface area contributed by atoms with Crippen LogP contribution in [0.25, 0.3) is 16.9 Å². The van der Waals surface area contributed by atoms with Crippen LogP contribution in [0.1, 0.15) is 16.1 Å². The Morgan fingerprint density at radius 2 is 1.64 bits per heavy atom. The van der Waals surface area contributed by atoms with Gasteiger partial charge in [0, 0.05) is 32.1 Å². The van der Waals surface area contributed by atoms with Gasteiger partial charge in [-0.05, 0) is 18.2 Å². The van der Waals surface area contributed by atoms with Crippen LogP contribution >= 0.6 is 0 Å². The Bertz CT molecular complexity index is 1080. The summed E-state index contributed by atoms with van der Waals surface area (Å²) in [6, 6.07) is 21.5. The third kappa shape index (κ3) is 3.57. The summed E-state index contributed by atoms with van der Waals surface area (Å²) in [6.07, 6.45) is 3.67. The quantitative estimate of drug-likeness (QED) is 0.539. The van der Waals surface area contributed by atoms with Gasteiger partial charge in [-0.2, -0.15) is 10.2 Å². The largest absolute Gasteiger partial charge is 0.336 e. The zero-order valence-electron chi connectivity index (χ0n) is 15.9. The van der Waals surface area contributed by atoms with Crippen molar-refractivity contribution in [2.24, 2.45) is 7.05 Å². The van der Waals surface area contributed by atoms with Gasteiger partial charge in [-0.25, -0.2) is 4.68 Å². The summed E-state index contributed by atoms with van der Waals surface area (Å²) in [7, 11) is 3.65. The number of para-hydroxylation sites is 1. The van der Waals surface area contributed by atoms with Crippen molar-refractivity contribution < 1.29 is 4.79 Å². The lowest BCUT2D eigenvalue weighted by molar-refractivity contribution is 0.0784. The second kappa shape index (κ2) is 7.52. The molecule has 0 bridgehead atoms. The summed E-state index contributed by atoms with van der Waals surface area (Å²) in [5, 5.41) is 9.08. The molecular formula is C22H21N5O. The van der Waals surface area contributed by atoms with Gasteiger partial charge >= 0.3 is 0 Å². The molecule has 1 amide bonds. The summed E-state index contributed by atoms with van der Waals surface area (Å²) in [5.74, 6) is -0.0910. The van der Waals surface area contributed by atoms with Crippen LogP contribution in [-0.4, -0.2) is 37.4 Å². The number of hydrogen-bond donors (Lipinski definition) is 0. The summed E-state index contributed by atoms with van der Waals surface area (Å²) in [5.41, 5.74) is 3.89. The van der Waals surface area contributed by atoms with Gasteiger partial charge in [0.15, 0.2) is 0 Å². The van der Waals surface area contributed by atoms with Crippen molar-refractivity contribution in [2.45, 2.75) is 6.54 Å². The molecule has 0 aliphatic rings. The molecule has 28 heavy (non-hydrogen) atoms. The number of aryl methyl sites for hydroxylation is 1. The van der Waals surface area contributed by atoms with Crippen molar-refractivity contribution in [1.82, 2.24) is 24.5 Å². The minimum Gasteiger partial charge on any atom is -0.336 e. The van der Waals surface area contributed by atoms with Crippen LogP contribution in [0.15, 0.2) is 79.1 Å². The van der Waals surface area contributed by atoms with E-state index in [1.807, 2.05) is 80.0 Å². The minimum atomic E-state index is -0.0910. The van der Waals surface area contributed by atoms with Gasteiger partial charge in [0.25, 0.3) is 5.91 Å². The van der Waals surface area contributed by atoms with Crippen LogP contribution in [0.3, 0.4) is 0 Å². The molecule has 4 aromatic rings. The summed E-state index contributed by atoms with van der Waals surface area (Å²) >= 11 is 0. The predicted octanol–water partition coefficient (Wildman–Crippen LogP) is 3.55. The van der Waals surface area contributed by atoms with E-state index < -0.39 is 0 Å². The smallest absolute Gasteiger partial charge is 0.257 e. The molecule has 2 heterocycles. The highest BCUT2D eigenvalue weighted by Crippen LogP contribution is 2.25. The van der Waals surface area contributed by atoms with Crippen LogP contribution in [0, 0.1) is 0 Å². The first kappa shape index (κ1) is 17.7. The number of carbonyl (C=O) groups is 1. The van der Waals surface area contributed by atoms with Crippen molar-refractivity contribution in [3.05, 3.63) is 90.4 Å². The average Bonchev–Trinajstić information content (AvgIpc) is 3.35. The molecule has 0 radical (unpaired) electrons. The van der Waals surface area contributed by atoms with Gasteiger partial charge in [-0.3, -0.25) is 9.48 Å². The van der Waals surface area contributed by atoms with Gasteiger partial charge in [0.1, 0.15) is 5.69 Å². The third-order valence-corrected chi connectivity index (χ3v) is 4.53. The third-order valence-electron chi connectivity index (χ3n) is 4.53. The van der Waals surface area contributed by atoms with Gasteiger partial charge < -0.3 is 4.90 Å². The molecule has 2 aromatic carbocycles. The highest BCUT2D eigenvalue weighted by atomic mass is 16.2. The molecule has 6 nitrogen and oxygen atoms in total. The number of rotatable bonds is 5. The molecule has 0 saturated carbocycles. The van der Waals surface area contributed by atoms with Gasteiger partial charge in [0.05, 0.1) is 23.5 Å². The standard InChI is InChI=1S/C22H21N5O/c1-25(15-18-13-14-26(2)23-18)22(28)20-16-27(19-11-7-4-8-12-19)24-21(20)17-9-5-3-6-10-17/h3-14,16H,15H2,1-2H3. The minimum absolute atomic E-state index is 0.0910. The lowest BCUT2D eigenvalue weighted by atomic mass is 10.1. The monoisotopic (exact) mass is 371 g/mol. The Labute approximate surface area is 163 Å². The first-order valence-corrected chi connectivity index (χ1v) is 9.06. The molecule has 4 rings (SSSR count). The highest BCUT2D eigenvalue weighted by molar-refractivity contribution is 5.99. The molecule has 0 spiro atoms. The highest BCUT2D eigenvalue weighted by Gasteiger charge is 2.22. The maximum atomic E-state index is 13.2. The normalized spacial score (nSPS) is 10.8. The van der Waals surface area contributed by atoms with Crippen molar-refractivity contribution in [2.75, 3.05) is 7.05 Å². The first-order valence-electron chi connectivity index (χ1n) is 9.06.